The number of H-pyrrole nitrogens is 1. The van der Waals surface area contributed by atoms with Crippen LogP contribution in [0.15, 0.2) is 35.7 Å². The minimum atomic E-state index is -3.50. The summed E-state index contributed by atoms with van der Waals surface area (Å²) in [5.74, 6) is 0.588. The molecule has 0 aliphatic heterocycles. The second-order valence-corrected chi connectivity index (χ2v) is 5.54. The molecular weight excluding hydrogens is 240 g/mol. The maximum absolute atomic E-state index is 12.0. The average Bonchev–Trinajstić information content (AvgIpc) is 2.86. The molecule has 0 aliphatic rings. The molecule has 0 saturated carbocycles. The zero-order valence-corrected chi connectivity index (χ0v) is 10.4. The zero-order chi connectivity index (χ0) is 12.5. The molecular formula is C10H14N4O2S. The molecule has 0 aliphatic carbocycles. The van der Waals surface area contributed by atoms with Gasteiger partial charge in [-0.15, -0.1) is 0 Å². The molecule has 0 spiro atoms. The molecule has 1 unspecified atom stereocenters. The van der Waals surface area contributed by atoms with Crippen molar-refractivity contribution in [2.24, 2.45) is 7.05 Å². The van der Waals surface area contributed by atoms with Crippen LogP contribution in [0.5, 0.6) is 0 Å². The highest BCUT2D eigenvalue weighted by Crippen LogP contribution is 2.13. The number of nitrogens with zero attached hydrogens (tertiary/aromatic N) is 2. The Kier molecular flexibility index (Phi) is 3.03. The summed E-state index contributed by atoms with van der Waals surface area (Å²) < 4.78 is 28.2. The number of nitrogens with one attached hydrogen (secondary N) is 2. The van der Waals surface area contributed by atoms with Crippen LogP contribution in [0, 0.1) is 0 Å². The molecule has 0 bridgehead atoms. The smallest absolute Gasteiger partial charge is 0.242 e. The second-order valence-electron chi connectivity index (χ2n) is 3.83. The van der Waals surface area contributed by atoms with Gasteiger partial charge in [-0.3, -0.25) is 0 Å². The van der Waals surface area contributed by atoms with Crippen LogP contribution in [-0.4, -0.2) is 23.0 Å². The maximum atomic E-state index is 12.0. The number of hydrogen-bond donors (Lipinski definition) is 2. The van der Waals surface area contributed by atoms with Gasteiger partial charge < -0.3 is 9.55 Å². The van der Waals surface area contributed by atoms with E-state index in [1.807, 2.05) is 0 Å². The topological polar surface area (TPSA) is 79.8 Å². The predicted octanol–water partition coefficient (Wildman–Crippen LogP) is 0.788. The van der Waals surface area contributed by atoms with Crippen LogP contribution in [-0.2, 0) is 17.1 Å². The highest BCUT2D eigenvalue weighted by atomic mass is 32.2. The van der Waals surface area contributed by atoms with E-state index in [2.05, 4.69) is 14.7 Å². The fourth-order valence-electron chi connectivity index (χ4n) is 1.51. The minimum absolute atomic E-state index is 0.249. The number of aryl methyl sites for hydroxylation is 1. The van der Waals surface area contributed by atoms with Gasteiger partial charge >= 0.3 is 0 Å². The summed E-state index contributed by atoms with van der Waals surface area (Å²) in [7, 11) is -1.72. The number of aromatic nitrogens is 3. The van der Waals surface area contributed by atoms with Gasteiger partial charge in [0.1, 0.15) is 5.82 Å². The van der Waals surface area contributed by atoms with E-state index in [4.69, 9.17) is 0 Å². The molecule has 17 heavy (non-hydrogen) atoms. The summed E-state index contributed by atoms with van der Waals surface area (Å²) >= 11 is 0. The summed E-state index contributed by atoms with van der Waals surface area (Å²) in [5.41, 5.74) is 0. The largest absolute Gasteiger partial charge is 0.356 e. The molecule has 0 saturated heterocycles. The van der Waals surface area contributed by atoms with Gasteiger partial charge in [0.25, 0.3) is 0 Å². The van der Waals surface area contributed by atoms with Crippen molar-refractivity contribution < 1.29 is 8.42 Å². The molecule has 2 heterocycles. The molecule has 0 amide bonds. The monoisotopic (exact) mass is 254 g/mol. The Labute approximate surface area is 99.7 Å². The van der Waals surface area contributed by atoms with E-state index in [0.717, 1.165) is 0 Å². The molecule has 1 atom stereocenters. The van der Waals surface area contributed by atoms with E-state index in [-0.39, 0.29) is 4.90 Å². The van der Waals surface area contributed by atoms with Crippen LogP contribution in [0.4, 0.5) is 0 Å². The maximum Gasteiger partial charge on any atom is 0.242 e. The molecule has 2 rings (SSSR count). The van der Waals surface area contributed by atoms with E-state index < -0.39 is 16.1 Å². The Morgan fingerprint density at radius 1 is 1.53 bits per heavy atom. The zero-order valence-electron chi connectivity index (χ0n) is 9.58. The van der Waals surface area contributed by atoms with Gasteiger partial charge in [-0.2, -0.15) is 0 Å². The van der Waals surface area contributed by atoms with E-state index in [1.165, 1.54) is 0 Å². The van der Waals surface area contributed by atoms with Crippen LogP contribution in [0.2, 0.25) is 0 Å². The molecule has 7 heteroatoms. The molecule has 2 aromatic rings. The average molecular weight is 254 g/mol. The third kappa shape index (κ3) is 2.56. The van der Waals surface area contributed by atoms with Gasteiger partial charge in [0.2, 0.25) is 10.0 Å². The number of rotatable bonds is 4. The normalized spacial score (nSPS) is 13.8. The summed E-state index contributed by atoms with van der Waals surface area (Å²) in [5, 5.41) is 0. The second kappa shape index (κ2) is 4.34. The summed E-state index contributed by atoms with van der Waals surface area (Å²) in [4.78, 5) is 7.13. The quantitative estimate of drug-likeness (QED) is 0.846. The van der Waals surface area contributed by atoms with Gasteiger partial charge in [-0.1, -0.05) is 0 Å². The fraction of sp³-hybridized carbons (Fsp3) is 0.300. The van der Waals surface area contributed by atoms with Gasteiger partial charge in [0, 0.05) is 31.8 Å². The Balaban J connectivity index is 2.18. The summed E-state index contributed by atoms with van der Waals surface area (Å²) in [6, 6.07) is 1.16. The molecule has 2 aromatic heterocycles. The molecule has 6 nitrogen and oxygen atoms in total. The van der Waals surface area contributed by atoms with E-state index in [1.54, 1.807) is 49.4 Å². The first-order valence-corrected chi connectivity index (χ1v) is 6.61. The molecule has 2 N–H and O–H groups in total. The Hall–Kier alpha value is -1.60. The summed E-state index contributed by atoms with van der Waals surface area (Å²) in [6.07, 6.45) is 6.48. The highest BCUT2D eigenvalue weighted by Gasteiger charge is 2.20. The third-order valence-electron chi connectivity index (χ3n) is 2.38. The van der Waals surface area contributed by atoms with Crippen LogP contribution in [0.3, 0.4) is 0 Å². The van der Waals surface area contributed by atoms with Crippen LogP contribution >= 0.6 is 0 Å². The first kappa shape index (κ1) is 11.9. The standard InChI is InChI=1S/C10H14N4O2S/c1-8(10-11-4-5-12-10)13-17(15,16)9-3-6-14(2)7-9/h3-8,13H,1-2H3,(H,11,12). The van der Waals surface area contributed by atoms with Crippen molar-refractivity contribution in [3.05, 3.63) is 36.7 Å². The first-order chi connectivity index (χ1) is 7.99. The molecule has 0 fully saturated rings. The molecule has 0 radical (unpaired) electrons. The van der Waals surface area contributed by atoms with Crippen molar-refractivity contribution >= 4 is 10.0 Å². The Morgan fingerprint density at radius 2 is 2.29 bits per heavy atom. The van der Waals surface area contributed by atoms with Crippen LogP contribution in [0.1, 0.15) is 18.8 Å². The lowest BCUT2D eigenvalue weighted by Crippen LogP contribution is -2.27. The number of hydrogen-bond acceptors (Lipinski definition) is 3. The SMILES string of the molecule is CC(NS(=O)(=O)c1ccn(C)c1)c1ncc[nH]1. The van der Waals surface area contributed by atoms with Gasteiger partial charge in [-0.05, 0) is 13.0 Å². The number of imidazole rings is 1. The van der Waals surface area contributed by atoms with Crippen molar-refractivity contribution in [2.45, 2.75) is 17.9 Å². The minimum Gasteiger partial charge on any atom is -0.356 e. The van der Waals surface area contributed by atoms with Gasteiger partial charge in [-0.25, -0.2) is 18.1 Å². The van der Waals surface area contributed by atoms with E-state index >= 15 is 0 Å². The highest BCUT2D eigenvalue weighted by molar-refractivity contribution is 7.89. The summed E-state index contributed by atoms with van der Waals surface area (Å²) in [6.45, 7) is 1.74. The lowest BCUT2D eigenvalue weighted by atomic mass is 10.3. The predicted molar refractivity (Wildman–Crippen MR) is 62.7 cm³/mol. The van der Waals surface area contributed by atoms with Crippen molar-refractivity contribution in [3.63, 3.8) is 0 Å². The van der Waals surface area contributed by atoms with Crippen LogP contribution < -0.4 is 4.72 Å². The third-order valence-corrected chi connectivity index (χ3v) is 3.90. The number of sulfonamides is 1. The van der Waals surface area contributed by atoms with Crippen molar-refractivity contribution in [3.8, 4) is 0 Å². The molecule has 92 valence electrons. The lowest BCUT2D eigenvalue weighted by Gasteiger charge is -2.10. The first-order valence-electron chi connectivity index (χ1n) is 5.12. The number of aromatic amines is 1. The van der Waals surface area contributed by atoms with E-state index in [0.29, 0.717) is 5.82 Å². The Bertz CT molecular complexity index is 586. The van der Waals surface area contributed by atoms with Crippen LogP contribution in [0.25, 0.3) is 0 Å². The molecule has 0 aromatic carbocycles. The van der Waals surface area contributed by atoms with Crippen molar-refractivity contribution in [1.82, 2.24) is 19.3 Å². The van der Waals surface area contributed by atoms with Gasteiger partial charge in [0.05, 0.1) is 10.9 Å². The van der Waals surface area contributed by atoms with Crippen molar-refractivity contribution in [1.29, 1.82) is 0 Å². The van der Waals surface area contributed by atoms with Gasteiger partial charge in [0.15, 0.2) is 0 Å². The lowest BCUT2D eigenvalue weighted by molar-refractivity contribution is 0.561. The van der Waals surface area contributed by atoms with Crippen molar-refractivity contribution in [2.75, 3.05) is 0 Å². The Morgan fingerprint density at radius 3 is 2.82 bits per heavy atom. The van der Waals surface area contributed by atoms with E-state index in [9.17, 15) is 8.42 Å². The fourth-order valence-corrected chi connectivity index (χ4v) is 2.77.